The third kappa shape index (κ3) is 8.80. The Kier molecular flexibility index (Phi) is 12.7. The van der Waals surface area contributed by atoms with Gasteiger partial charge in [-0.2, -0.15) is 0 Å². The minimum atomic E-state index is -2.27. The van der Waals surface area contributed by atoms with Gasteiger partial charge in [0.1, 0.15) is 22.9 Å². The number of carbonyl (C=O) groups excluding carboxylic acids is 1. The lowest BCUT2D eigenvalue weighted by molar-refractivity contribution is -0.169. The summed E-state index contributed by atoms with van der Waals surface area (Å²) in [7, 11) is -0.125. The third-order valence-corrected chi connectivity index (χ3v) is 19.2. The van der Waals surface area contributed by atoms with Crippen molar-refractivity contribution in [2.45, 2.75) is 108 Å². The second kappa shape index (κ2) is 17.9. The minimum Gasteiger partial charge on any atom is -0.506 e. The summed E-state index contributed by atoms with van der Waals surface area (Å²) in [5.74, 6) is 0.709. The quantitative estimate of drug-likeness (QED) is 0.0550. The fourth-order valence-corrected chi connectivity index (χ4v) is 11.3. The van der Waals surface area contributed by atoms with Crippen LogP contribution < -0.4 is 20.3 Å². The molecule has 62 heavy (non-hydrogen) atoms. The van der Waals surface area contributed by atoms with E-state index in [0.717, 1.165) is 66.2 Å². The zero-order chi connectivity index (χ0) is 43.8. The van der Waals surface area contributed by atoms with E-state index in [1.165, 1.54) is 28.7 Å². The zero-order valence-electron chi connectivity index (χ0n) is 36.1. The highest BCUT2D eigenvalue weighted by Gasteiger charge is 2.45. The number of thiophene rings is 2. The lowest BCUT2D eigenvalue weighted by Crippen LogP contribution is -2.43. The molecule has 6 aromatic rings. The average Bonchev–Trinajstić information content (AvgIpc) is 4.09. The number of aromatic nitrogens is 4. The average molecular weight is 901 g/mol. The number of aliphatic hydroxyl groups is 1. The Morgan fingerprint density at radius 1 is 1.05 bits per heavy atom. The van der Waals surface area contributed by atoms with Crippen LogP contribution in [0.3, 0.4) is 0 Å². The van der Waals surface area contributed by atoms with E-state index >= 15 is 0 Å². The molecule has 0 unspecified atom stereocenters. The Morgan fingerprint density at radius 2 is 1.76 bits per heavy atom. The smallest absolute Gasteiger partial charge is 0.349 e. The van der Waals surface area contributed by atoms with Gasteiger partial charge in [-0.25, -0.2) is 9.48 Å². The van der Waals surface area contributed by atoms with Crippen LogP contribution in [-0.4, -0.2) is 88.5 Å². The molecular weight excluding hydrogens is 845 g/mol. The van der Waals surface area contributed by atoms with E-state index in [1.807, 2.05) is 39.7 Å². The van der Waals surface area contributed by atoms with Crippen LogP contribution in [0.4, 0.5) is 0 Å². The summed E-state index contributed by atoms with van der Waals surface area (Å²) in [6.07, 6.45) is 3.48. The highest BCUT2D eigenvalue weighted by molar-refractivity contribution is 7.12. The predicted molar refractivity (Wildman–Crippen MR) is 244 cm³/mol. The molecule has 0 amide bonds. The maximum atomic E-state index is 13.5. The summed E-state index contributed by atoms with van der Waals surface area (Å²) in [6, 6.07) is 16.3. The predicted octanol–water partition coefficient (Wildman–Crippen LogP) is 7.80. The Labute approximate surface area is 369 Å². The fourth-order valence-electron chi connectivity index (χ4n) is 8.28. The van der Waals surface area contributed by atoms with Crippen molar-refractivity contribution < 1.29 is 33.6 Å². The largest absolute Gasteiger partial charge is 0.506 e. The highest BCUT2D eigenvalue weighted by atomic mass is 32.1. The van der Waals surface area contributed by atoms with Gasteiger partial charge >= 0.3 is 5.97 Å². The number of aromatic amines is 1. The van der Waals surface area contributed by atoms with Crippen molar-refractivity contribution in [1.29, 1.82) is 0 Å². The number of aromatic hydroxyl groups is 1. The summed E-state index contributed by atoms with van der Waals surface area (Å²) in [5, 5.41) is 39.3. The van der Waals surface area contributed by atoms with Crippen molar-refractivity contribution in [1.82, 2.24) is 30.2 Å². The van der Waals surface area contributed by atoms with Gasteiger partial charge in [0.05, 0.1) is 21.4 Å². The molecule has 8 rings (SSSR count). The molecule has 2 aliphatic rings. The number of phenols is 1. The van der Waals surface area contributed by atoms with Crippen molar-refractivity contribution in [2.75, 3.05) is 26.9 Å². The maximum Gasteiger partial charge on any atom is 0.349 e. The van der Waals surface area contributed by atoms with Crippen molar-refractivity contribution in [2.24, 2.45) is 0 Å². The topological polar surface area (TPSA) is 173 Å². The molecule has 330 valence electrons. The van der Waals surface area contributed by atoms with E-state index in [1.54, 1.807) is 24.3 Å². The number of pyridine rings is 1. The van der Waals surface area contributed by atoms with E-state index in [0.29, 0.717) is 52.4 Å². The van der Waals surface area contributed by atoms with Gasteiger partial charge in [-0.1, -0.05) is 44.2 Å². The standard InChI is InChI=1S/C45H56N6O8S2Si/c1-44(2,3)62(5,6)59-35(31-16-18-34(52)39-32(31)17-19-38(53)47-39)26-46-25-28-24-33-40(42-41(28)56-27-57-42)51(49-48-33)21-9-20-50(4)29-12-14-30(15-13-29)58-43(54)45(55,36-10-7-22-60-36)37-11-8-23-61-37/h7-8,10-11,16-19,22-24,29-30,35,46,52,55H,9,12-15,20-21,25-27H2,1-6H3,(H,47,53)/t29-,30-,35-/m0/s1. The number of nitrogens with zero attached hydrogens (tertiary/aromatic N) is 4. The fraction of sp³-hybridized carbons (Fsp3) is 0.467. The SMILES string of the molecule is CN(CCCn1nnc2cc(CNC[C@H](O[Si](C)(C)C(C)(C)C)c3ccc(O)c4[nH]c(=O)ccc34)c3c(c21)OCO3)[C@H]1CC[C@H](OC(=O)C(O)(c2cccs2)c2cccs2)CC1. The molecule has 1 fully saturated rings. The van der Waals surface area contributed by atoms with Crippen LogP contribution in [0.25, 0.3) is 21.9 Å². The van der Waals surface area contributed by atoms with Gasteiger partial charge in [0.15, 0.2) is 19.8 Å². The number of phenolic OH excluding ortho intramolecular Hbond substituents is 1. The van der Waals surface area contributed by atoms with Gasteiger partial charge < -0.3 is 44.1 Å². The minimum absolute atomic E-state index is 0.0109. The number of benzene rings is 2. The van der Waals surface area contributed by atoms with Crippen LogP contribution in [0.15, 0.2) is 70.2 Å². The van der Waals surface area contributed by atoms with Gasteiger partial charge in [0.25, 0.3) is 0 Å². The van der Waals surface area contributed by atoms with Crippen LogP contribution in [0.1, 0.15) is 79.9 Å². The van der Waals surface area contributed by atoms with Gasteiger partial charge in [-0.15, -0.1) is 27.8 Å². The molecule has 4 N–H and O–H groups in total. The molecule has 4 aromatic heterocycles. The van der Waals surface area contributed by atoms with Gasteiger partial charge in [-0.3, -0.25) is 4.79 Å². The molecular formula is C45H56N6O8S2Si. The summed E-state index contributed by atoms with van der Waals surface area (Å²) >= 11 is 2.70. The molecule has 1 atom stereocenters. The molecule has 1 aliphatic heterocycles. The van der Waals surface area contributed by atoms with E-state index < -0.39 is 19.9 Å². The number of ether oxygens (including phenoxy) is 3. The molecule has 1 saturated carbocycles. The van der Waals surface area contributed by atoms with Crippen molar-refractivity contribution in [3.8, 4) is 17.2 Å². The van der Waals surface area contributed by atoms with Crippen LogP contribution in [0.2, 0.25) is 18.1 Å². The molecule has 0 saturated heterocycles. The molecule has 2 aromatic carbocycles. The van der Waals surface area contributed by atoms with Crippen molar-refractivity contribution in [3.63, 3.8) is 0 Å². The number of hydrogen-bond donors (Lipinski definition) is 4. The van der Waals surface area contributed by atoms with Gasteiger partial charge in [0, 0.05) is 42.7 Å². The van der Waals surface area contributed by atoms with Gasteiger partial charge in [-0.05, 0) is 110 Å². The summed E-state index contributed by atoms with van der Waals surface area (Å²) < 4.78 is 27.0. The molecule has 1 aliphatic carbocycles. The maximum absolute atomic E-state index is 13.5. The normalized spacial score (nSPS) is 17.6. The summed E-state index contributed by atoms with van der Waals surface area (Å²) in [4.78, 5) is 32.0. The second-order valence-corrected chi connectivity index (χ2v) is 24.6. The first kappa shape index (κ1) is 44.0. The van der Waals surface area contributed by atoms with E-state index in [9.17, 15) is 19.8 Å². The molecule has 17 heteroatoms. The van der Waals surface area contributed by atoms with Crippen LogP contribution in [0.5, 0.6) is 17.2 Å². The first-order valence-corrected chi connectivity index (χ1v) is 25.9. The van der Waals surface area contributed by atoms with E-state index in [4.69, 9.17) is 18.6 Å². The Bertz CT molecular complexity index is 2530. The highest BCUT2D eigenvalue weighted by Crippen LogP contribution is 2.44. The number of esters is 1. The molecule has 5 heterocycles. The van der Waals surface area contributed by atoms with Crippen LogP contribution in [0, 0.1) is 0 Å². The van der Waals surface area contributed by atoms with E-state index in [-0.39, 0.29) is 35.3 Å². The van der Waals surface area contributed by atoms with Crippen LogP contribution >= 0.6 is 22.7 Å². The van der Waals surface area contributed by atoms with Gasteiger partial charge in [0.2, 0.25) is 18.0 Å². The second-order valence-electron chi connectivity index (χ2n) is 17.9. The Hall–Kier alpha value is -4.62. The lowest BCUT2D eigenvalue weighted by Gasteiger charge is -2.39. The third-order valence-electron chi connectivity index (χ3n) is 12.8. The Morgan fingerprint density at radius 3 is 2.44 bits per heavy atom. The molecule has 0 bridgehead atoms. The van der Waals surface area contributed by atoms with Crippen molar-refractivity contribution in [3.05, 3.63) is 96.6 Å². The number of rotatable bonds is 16. The number of nitrogens with one attached hydrogen (secondary N) is 2. The Balaban J connectivity index is 0.886. The summed E-state index contributed by atoms with van der Waals surface area (Å²) in [6.45, 7) is 13.5. The zero-order valence-corrected chi connectivity index (χ0v) is 38.7. The monoisotopic (exact) mass is 900 g/mol. The van der Waals surface area contributed by atoms with Crippen molar-refractivity contribution >= 4 is 58.9 Å². The first-order chi connectivity index (χ1) is 29.6. The lowest BCUT2D eigenvalue weighted by atomic mass is 9.91. The molecule has 14 nitrogen and oxygen atoms in total. The number of aryl methyl sites for hydroxylation is 1. The number of H-pyrrole nitrogens is 1. The van der Waals surface area contributed by atoms with E-state index in [2.05, 4.69) is 66.4 Å². The number of carbonyl (C=O) groups is 1. The number of fused-ring (bicyclic) bond motifs is 4. The van der Waals surface area contributed by atoms with Crippen LogP contribution in [-0.2, 0) is 32.6 Å². The number of hydrogen-bond acceptors (Lipinski definition) is 14. The first-order valence-electron chi connectivity index (χ1n) is 21.2. The molecule has 0 spiro atoms. The molecule has 0 radical (unpaired) electrons. The summed E-state index contributed by atoms with van der Waals surface area (Å²) in [5.41, 5.74) is 1.61.